The molecule has 0 atom stereocenters. The number of aromatic amines is 3. The van der Waals surface area contributed by atoms with Crippen molar-refractivity contribution < 1.29 is 4.74 Å². The molecule has 1 aromatic carbocycles. The summed E-state index contributed by atoms with van der Waals surface area (Å²) in [6.45, 7) is 0. The van der Waals surface area contributed by atoms with Crippen molar-refractivity contribution in [1.82, 2.24) is 19.9 Å². The van der Waals surface area contributed by atoms with Gasteiger partial charge in [0.25, 0.3) is 11.1 Å². The van der Waals surface area contributed by atoms with Gasteiger partial charge in [-0.2, -0.15) is 0 Å². The minimum Gasteiger partial charge on any atom is -0.497 e. The number of rotatable bonds is 3. The fourth-order valence-corrected chi connectivity index (χ4v) is 2.07. The maximum Gasteiger partial charge on any atom is 0.327 e. The second-order valence-corrected chi connectivity index (χ2v) is 4.69. The van der Waals surface area contributed by atoms with Crippen molar-refractivity contribution in [3.05, 3.63) is 66.8 Å². The van der Waals surface area contributed by atoms with Crippen molar-refractivity contribution in [2.24, 2.45) is 0 Å². The van der Waals surface area contributed by atoms with Crippen LogP contribution in [0.25, 0.3) is 23.2 Å². The third-order valence-corrected chi connectivity index (χ3v) is 3.17. The van der Waals surface area contributed by atoms with Crippen LogP contribution in [0.5, 0.6) is 5.75 Å². The van der Waals surface area contributed by atoms with Gasteiger partial charge in [0.1, 0.15) is 17.0 Å². The molecule has 0 amide bonds. The van der Waals surface area contributed by atoms with Gasteiger partial charge < -0.3 is 9.72 Å². The highest BCUT2D eigenvalue weighted by Crippen LogP contribution is 2.13. The average Bonchev–Trinajstić information content (AvgIpc) is 2.52. The maximum atomic E-state index is 11.9. The van der Waals surface area contributed by atoms with Crippen LogP contribution >= 0.6 is 0 Å². The molecule has 116 valence electrons. The van der Waals surface area contributed by atoms with E-state index >= 15 is 0 Å². The summed E-state index contributed by atoms with van der Waals surface area (Å²) >= 11 is 0. The van der Waals surface area contributed by atoms with Gasteiger partial charge in [-0.15, -0.1) is 0 Å². The molecular weight excluding hydrogens is 300 g/mol. The standard InChI is InChI=1S/C15H12N4O4/c1-23-9-5-2-8(3-6-9)4-7-10-16-12-11(13(20)17-10)14(21)19-15(22)18-12/h2-7H,1H3,(H3,16,17,18,19,20,21,22)/b7-4+. The van der Waals surface area contributed by atoms with Crippen molar-refractivity contribution in [3.63, 3.8) is 0 Å². The molecular formula is C15H12N4O4. The highest BCUT2D eigenvalue weighted by atomic mass is 16.5. The van der Waals surface area contributed by atoms with Crippen LogP contribution in [0, 0.1) is 0 Å². The van der Waals surface area contributed by atoms with E-state index in [-0.39, 0.29) is 16.9 Å². The number of aromatic nitrogens is 4. The van der Waals surface area contributed by atoms with Gasteiger partial charge in [0.2, 0.25) is 0 Å². The topological polar surface area (TPSA) is 121 Å². The van der Waals surface area contributed by atoms with Crippen LogP contribution in [0.1, 0.15) is 11.4 Å². The Bertz CT molecular complexity index is 1060. The number of methoxy groups -OCH3 is 1. The van der Waals surface area contributed by atoms with Gasteiger partial charge in [0.05, 0.1) is 7.11 Å². The van der Waals surface area contributed by atoms with E-state index in [1.54, 1.807) is 31.4 Å². The van der Waals surface area contributed by atoms with E-state index in [1.165, 1.54) is 0 Å². The summed E-state index contributed by atoms with van der Waals surface area (Å²) in [5, 5.41) is -0.216. The van der Waals surface area contributed by atoms with E-state index in [2.05, 4.69) is 15.0 Å². The molecule has 3 rings (SSSR count). The molecule has 0 unspecified atom stereocenters. The monoisotopic (exact) mass is 312 g/mol. The molecule has 0 aliphatic rings. The summed E-state index contributed by atoms with van der Waals surface area (Å²) in [6.07, 6.45) is 3.30. The fraction of sp³-hybridized carbons (Fsp3) is 0.0667. The molecule has 3 N–H and O–H groups in total. The van der Waals surface area contributed by atoms with Gasteiger partial charge in [-0.05, 0) is 23.8 Å². The molecule has 2 heterocycles. The van der Waals surface area contributed by atoms with Crippen molar-refractivity contribution in [3.8, 4) is 5.75 Å². The van der Waals surface area contributed by atoms with Gasteiger partial charge in [-0.3, -0.25) is 19.6 Å². The first-order valence-electron chi connectivity index (χ1n) is 6.65. The zero-order valence-electron chi connectivity index (χ0n) is 12.0. The van der Waals surface area contributed by atoms with Crippen molar-refractivity contribution in [1.29, 1.82) is 0 Å². The van der Waals surface area contributed by atoms with Crippen LogP contribution in [0.2, 0.25) is 0 Å². The first-order chi connectivity index (χ1) is 11.1. The Morgan fingerprint density at radius 1 is 0.957 bits per heavy atom. The van der Waals surface area contributed by atoms with Crippen molar-refractivity contribution in [2.45, 2.75) is 0 Å². The minimum atomic E-state index is -0.775. The number of nitrogens with one attached hydrogen (secondary N) is 3. The molecule has 0 fully saturated rings. The van der Waals surface area contributed by atoms with E-state index < -0.39 is 16.8 Å². The molecule has 2 aromatic heterocycles. The third-order valence-electron chi connectivity index (χ3n) is 3.17. The predicted octanol–water partition coefficient (Wildman–Crippen LogP) is 0.479. The van der Waals surface area contributed by atoms with Gasteiger partial charge in [0.15, 0.2) is 5.65 Å². The summed E-state index contributed by atoms with van der Waals surface area (Å²) in [4.78, 5) is 45.7. The first kappa shape index (κ1) is 14.5. The number of benzene rings is 1. The van der Waals surface area contributed by atoms with E-state index in [1.807, 2.05) is 17.1 Å². The van der Waals surface area contributed by atoms with Crippen LogP contribution in [-0.4, -0.2) is 27.0 Å². The summed E-state index contributed by atoms with van der Waals surface area (Å²) in [7, 11) is 1.58. The Morgan fingerprint density at radius 2 is 1.65 bits per heavy atom. The number of H-pyrrole nitrogens is 3. The van der Waals surface area contributed by atoms with E-state index in [0.29, 0.717) is 0 Å². The Morgan fingerprint density at radius 3 is 2.35 bits per heavy atom. The summed E-state index contributed by atoms with van der Waals surface area (Å²) < 4.78 is 5.07. The van der Waals surface area contributed by atoms with E-state index in [4.69, 9.17) is 4.74 Å². The third kappa shape index (κ3) is 2.95. The van der Waals surface area contributed by atoms with Gasteiger partial charge in [0, 0.05) is 0 Å². The second kappa shape index (κ2) is 5.76. The zero-order chi connectivity index (χ0) is 16.4. The number of hydrogen-bond acceptors (Lipinski definition) is 5. The Balaban J connectivity index is 2.03. The highest BCUT2D eigenvalue weighted by molar-refractivity contribution is 5.74. The molecule has 0 bridgehead atoms. The zero-order valence-corrected chi connectivity index (χ0v) is 12.0. The van der Waals surface area contributed by atoms with Crippen LogP contribution in [0.4, 0.5) is 0 Å². The maximum absolute atomic E-state index is 11.9. The number of ether oxygens (including phenoxy) is 1. The Hall–Kier alpha value is -3.42. The normalized spacial score (nSPS) is 11.2. The molecule has 3 aromatic rings. The molecule has 8 nitrogen and oxygen atoms in total. The summed E-state index contributed by atoms with van der Waals surface area (Å²) in [5.41, 5.74) is -1.31. The number of fused-ring (bicyclic) bond motifs is 1. The SMILES string of the molecule is COc1ccc(/C=C/c2nc3[nH]c(=O)[nH]c(=O)c3c(=O)[nH]2)cc1. The smallest absolute Gasteiger partial charge is 0.327 e. The lowest BCUT2D eigenvalue weighted by Gasteiger charge is -2.00. The van der Waals surface area contributed by atoms with E-state index in [9.17, 15) is 14.4 Å². The largest absolute Gasteiger partial charge is 0.497 e. The van der Waals surface area contributed by atoms with Gasteiger partial charge in [-0.25, -0.2) is 9.78 Å². The van der Waals surface area contributed by atoms with Gasteiger partial charge >= 0.3 is 5.69 Å². The fourth-order valence-electron chi connectivity index (χ4n) is 2.07. The second-order valence-electron chi connectivity index (χ2n) is 4.69. The molecule has 0 saturated heterocycles. The van der Waals surface area contributed by atoms with Crippen LogP contribution in [-0.2, 0) is 0 Å². The lowest BCUT2D eigenvalue weighted by molar-refractivity contribution is 0.415. The van der Waals surface area contributed by atoms with Crippen LogP contribution in [0.3, 0.4) is 0 Å². The molecule has 0 saturated carbocycles. The highest BCUT2D eigenvalue weighted by Gasteiger charge is 2.07. The molecule has 0 radical (unpaired) electrons. The number of nitrogens with zero attached hydrogens (tertiary/aromatic N) is 1. The molecule has 0 spiro atoms. The Kier molecular flexibility index (Phi) is 3.63. The van der Waals surface area contributed by atoms with Crippen LogP contribution < -0.4 is 21.5 Å². The van der Waals surface area contributed by atoms with Crippen molar-refractivity contribution in [2.75, 3.05) is 7.11 Å². The van der Waals surface area contributed by atoms with Crippen LogP contribution in [0.15, 0.2) is 38.6 Å². The molecule has 23 heavy (non-hydrogen) atoms. The lowest BCUT2D eigenvalue weighted by atomic mass is 10.2. The molecule has 0 aliphatic carbocycles. The minimum absolute atomic E-state index is 0.0584. The number of hydrogen-bond donors (Lipinski definition) is 3. The average molecular weight is 312 g/mol. The van der Waals surface area contributed by atoms with Gasteiger partial charge in [-0.1, -0.05) is 18.2 Å². The first-order valence-corrected chi connectivity index (χ1v) is 6.65. The quantitative estimate of drug-likeness (QED) is 0.649. The predicted molar refractivity (Wildman–Crippen MR) is 85.5 cm³/mol. The summed E-state index contributed by atoms with van der Waals surface area (Å²) in [5.74, 6) is 0.954. The lowest BCUT2D eigenvalue weighted by Crippen LogP contribution is -2.28. The molecule has 0 aliphatic heterocycles. The molecule has 8 heteroatoms. The van der Waals surface area contributed by atoms with Crippen molar-refractivity contribution >= 4 is 23.2 Å². The van der Waals surface area contributed by atoms with E-state index in [0.717, 1.165) is 11.3 Å². The summed E-state index contributed by atoms with van der Waals surface area (Å²) in [6, 6.07) is 7.27. The Labute approximate surface area is 128 Å².